The Morgan fingerprint density at radius 1 is 1.06 bits per heavy atom. The second-order valence-corrected chi connectivity index (χ2v) is 11.0. The maximum Gasteiger partial charge on any atom is 0.303 e. The summed E-state index contributed by atoms with van der Waals surface area (Å²) in [6.07, 6.45) is 1.39. The Labute approximate surface area is 214 Å². The van der Waals surface area contributed by atoms with Crippen LogP contribution in [-0.4, -0.2) is 52.4 Å². The number of thiophene rings is 1. The summed E-state index contributed by atoms with van der Waals surface area (Å²) in [7, 11) is 0. The van der Waals surface area contributed by atoms with Crippen LogP contribution in [0.25, 0.3) is 0 Å². The molecule has 0 fully saturated rings. The summed E-state index contributed by atoms with van der Waals surface area (Å²) in [5, 5.41) is 17.2. The van der Waals surface area contributed by atoms with E-state index < -0.39 is 23.8 Å². The molecule has 2 atom stereocenters. The number of amides is 3. The van der Waals surface area contributed by atoms with E-state index in [1.807, 2.05) is 26.0 Å². The Morgan fingerprint density at radius 2 is 1.77 bits per heavy atom. The largest absolute Gasteiger partial charge is 0.481 e. The molecule has 0 spiro atoms. The molecule has 1 aromatic carbocycles. The van der Waals surface area contributed by atoms with E-state index in [-0.39, 0.29) is 31.0 Å². The second-order valence-electron chi connectivity index (χ2n) is 8.23. The molecular formula is C25H33N3O5S2. The Kier molecular flexibility index (Phi) is 11.8. The fourth-order valence-corrected chi connectivity index (χ4v) is 4.76. The van der Waals surface area contributed by atoms with Crippen molar-refractivity contribution >= 4 is 52.5 Å². The summed E-state index contributed by atoms with van der Waals surface area (Å²) in [5.41, 5.74) is 1.65. The molecule has 0 saturated heterocycles. The fraction of sp³-hybridized carbons (Fsp3) is 0.440. The lowest BCUT2D eigenvalue weighted by molar-refractivity contribution is -0.137. The molecule has 1 aromatic heterocycles. The first-order chi connectivity index (χ1) is 16.7. The van der Waals surface area contributed by atoms with Gasteiger partial charge in [0.15, 0.2) is 0 Å². The van der Waals surface area contributed by atoms with Gasteiger partial charge in [-0.2, -0.15) is 0 Å². The number of rotatable bonds is 14. The van der Waals surface area contributed by atoms with Crippen LogP contribution in [0, 0.1) is 6.92 Å². The van der Waals surface area contributed by atoms with Gasteiger partial charge in [-0.3, -0.25) is 19.2 Å². The predicted molar refractivity (Wildman–Crippen MR) is 141 cm³/mol. The minimum absolute atomic E-state index is 0.0689. The van der Waals surface area contributed by atoms with Crippen molar-refractivity contribution in [1.29, 1.82) is 0 Å². The van der Waals surface area contributed by atoms with Crippen LogP contribution in [0.15, 0.2) is 36.4 Å². The molecular weight excluding hydrogens is 486 g/mol. The lowest BCUT2D eigenvalue weighted by Crippen LogP contribution is -2.47. The van der Waals surface area contributed by atoms with E-state index in [2.05, 4.69) is 35.0 Å². The first-order valence-corrected chi connectivity index (χ1v) is 13.4. The highest BCUT2D eigenvalue weighted by molar-refractivity contribution is 8.00. The summed E-state index contributed by atoms with van der Waals surface area (Å²) in [6, 6.07) is 10.5. The minimum atomic E-state index is -1.07. The zero-order valence-electron chi connectivity index (χ0n) is 20.3. The molecule has 0 bridgehead atoms. The van der Waals surface area contributed by atoms with E-state index in [0.29, 0.717) is 10.9 Å². The molecule has 0 saturated carbocycles. The van der Waals surface area contributed by atoms with Gasteiger partial charge >= 0.3 is 5.97 Å². The molecule has 3 amide bonds. The molecule has 0 aliphatic carbocycles. The van der Waals surface area contributed by atoms with Gasteiger partial charge in [0.05, 0.1) is 12.3 Å². The first kappa shape index (κ1) is 28.4. The monoisotopic (exact) mass is 519 g/mol. The third kappa shape index (κ3) is 11.0. The molecule has 35 heavy (non-hydrogen) atoms. The summed E-state index contributed by atoms with van der Waals surface area (Å²) < 4.78 is 0. The van der Waals surface area contributed by atoms with Gasteiger partial charge in [0, 0.05) is 33.5 Å². The Morgan fingerprint density at radius 3 is 2.37 bits per heavy atom. The van der Waals surface area contributed by atoms with Gasteiger partial charge in [-0.25, -0.2) is 0 Å². The van der Waals surface area contributed by atoms with Crippen LogP contribution in [0.1, 0.15) is 48.4 Å². The quantitative estimate of drug-likeness (QED) is 0.302. The number of aryl methyl sites for hydroxylation is 1. The molecule has 0 radical (unpaired) electrons. The SMILES string of the molecule is CCC(C)SCC(=O)NCC(=O)N[C@@H](CCC(=O)O)C(=O)Nc1ccc(Cc2ccc(C)s2)cc1. The number of aliphatic carboxylic acids is 1. The van der Waals surface area contributed by atoms with Crippen LogP contribution < -0.4 is 16.0 Å². The Hall–Kier alpha value is -2.85. The highest BCUT2D eigenvalue weighted by Crippen LogP contribution is 2.20. The second kappa shape index (κ2) is 14.5. The van der Waals surface area contributed by atoms with Gasteiger partial charge in [-0.1, -0.05) is 26.0 Å². The van der Waals surface area contributed by atoms with Crippen LogP contribution in [-0.2, 0) is 25.6 Å². The average Bonchev–Trinajstić information content (AvgIpc) is 3.24. The van der Waals surface area contributed by atoms with Gasteiger partial charge in [-0.15, -0.1) is 23.1 Å². The van der Waals surface area contributed by atoms with Crippen LogP contribution in [0.4, 0.5) is 5.69 Å². The van der Waals surface area contributed by atoms with Gasteiger partial charge in [0.25, 0.3) is 0 Å². The number of anilines is 1. The lowest BCUT2D eigenvalue weighted by atomic mass is 10.1. The standard InChI is InChI=1S/C25H33N3O5S2/c1-4-16(2)34-15-23(30)26-14-22(29)28-21(11-12-24(31)32)25(33)27-19-8-6-18(7-9-19)13-20-10-5-17(3)35-20/h5-10,16,21H,4,11-15H2,1-3H3,(H,26,30)(H,27,33)(H,28,29)(H,31,32)/t16?,21-/m0/s1. The van der Waals surface area contributed by atoms with Gasteiger partial charge < -0.3 is 21.1 Å². The zero-order chi connectivity index (χ0) is 25.8. The smallest absolute Gasteiger partial charge is 0.303 e. The van der Waals surface area contributed by atoms with Crippen molar-refractivity contribution in [3.05, 3.63) is 51.7 Å². The maximum atomic E-state index is 12.8. The molecule has 190 valence electrons. The molecule has 1 heterocycles. The first-order valence-electron chi connectivity index (χ1n) is 11.5. The van der Waals surface area contributed by atoms with Crippen LogP contribution in [0.2, 0.25) is 0 Å². The molecule has 10 heteroatoms. The van der Waals surface area contributed by atoms with Crippen molar-refractivity contribution < 1.29 is 24.3 Å². The molecule has 2 rings (SSSR count). The highest BCUT2D eigenvalue weighted by atomic mass is 32.2. The van der Waals surface area contributed by atoms with E-state index in [1.165, 1.54) is 21.5 Å². The van der Waals surface area contributed by atoms with E-state index in [9.17, 15) is 19.2 Å². The fourth-order valence-electron chi connectivity index (χ4n) is 3.06. The number of carbonyl (C=O) groups is 4. The van der Waals surface area contributed by atoms with E-state index >= 15 is 0 Å². The summed E-state index contributed by atoms with van der Waals surface area (Å²) in [6.45, 7) is 5.83. The molecule has 4 N–H and O–H groups in total. The van der Waals surface area contributed by atoms with Crippen molar-refractivity contribution in [2.24, 2.45) is 0 Å². The van der Waals surface area contributed by atoms with Crippen molar-refractivity contribution in [2.45, 2.75) is 57.7 Å². The highest BCUT2D eigenvalue weighted by Gasteiger charge is 2.22. The van der Waals surface area contributed by atoms with Crippen molar-refractivity contribution in [3.8, 4) is 0 Å². The Balaban J connectivity index is 1.90. The molecule has 0 aliphatic heterocycles. The van der Waals surface area contributed by atoms with Gasteiger partial charge in [0.2, 0.25) is 17.7 Å². The number of thioether (sulfide) groups is 1. The van der Waals surface area contributed by atoms with E-state index in [1.54, 1.807) is 23.5 Å². The third-order valence-electron chi connectivity index (χ3n) is 5.21. The topological polar surface area (TPSA) is 125 Å². The van der Waals surface area contributed by atoms with Crippen molar-refractivity contribution in [2.75, 3.05) is 17.6 Å². The normalized spacial score (nSPS) is 12.4. The number of carboxylic acids is 1. The number of benzene rings is 1. The van der Waals surface area contributed by atoms with Crippen LogP contribution >= 0.6 is 23.1 Å². The van der Waals surface area contributed by atoms with Crippen molar-refractivity contribution in [3.63, 3.8) is 0 Å². The number of nitrogens with one attached hydrogen (secondary N) is 3. The van der Waals surface area contributed by atoms with Gasteiger partial charge in [0.1, 0.15) is 6.04 Å². The zero-order valence-corrected chi connectivity index (χ0v) is 21.9. The predicted octanol–water partition coefficient (Wildman–Crippen LogP) is 3.58. The van der Waals surface area contributed by atoms with E-state index in [0.717, 1.165) is 18.4 Å². The number of carboxylic acid groups (broad SMARTS) is 1. The lowest BCUT2D eigenvalue weighted by Gasteiger charge is -2.18. The summed E-state index contributed by atoms with van der Waals surface area (Å²) in [4.78, 5) is 50.5. The molecule has 0 aliphatic rings. The molecule has 8 nitrogen and oxygen atoms in total. The van der Waals surface area contributed by atoms with Crippen molar-refractivity contribution in [1.82, 2.24) is 10.6 Å². The minimum Gasteiger partial charge on any atom is -0.481 e. The van der Waals surface area contributed by atoms with Crippen LogP contribution in [0.3, 0.4) is 0 Å². The van der Waals surface area contributed by atoms with Gasteiger partial charge in [-0.05, 0) is 49.6 Å². The average molecular weight is 520 g/mol. The Bertz CT molecular complexity index is 1010. The maximum absolute atomic E-state index is 12.8. The number of carbonyl (C=O) groups excluding carboxylic acids is 3. The molecule has 1 unspecified atom stereocenters. The number of hydrogen-bond donors (Lipinski definition) is 4. The van der Waals surface area contributed by atoms with Crippen LogP contribution in [0.5, 0.6) is 0 Å². The summed E-state index contributed by atoms with van der Waals surface area (Å²) >= 11 is 3.24. The summed E-state index contributed by atoms with van der Waals surface area (Å²) in [5.74, 6) is -2.16. The van der Waals surface area contributed by atoms with E-state index in [4.69, 9.17) is 5.11 Å². The molecule has 2 aromatic rings. The number of hydrogen-bond acceptors (Lipinski definition) is 6. The third-order valence-corrected chi connectivity index (χ3v) is 7.55.